The van der Waals surface area contributed by atoms with Crippen LogP contribution in [0, 0.1) is 0 Å². The van der Waals surface area contributed by atoms with E-state index in [9.17, 15) is 4.79 Å². The molecule has 0 amide bonds. The first kappa shape index (κ1) is 7.03. The molecule has 0 aliphatic carbocycles. The summed E-state index contributed by atoms with van der Waals surface area (Å²) >= 11 is 1.90. The number of aromatic nitrogens is 2. The predicted molar refractivity (Wildman–Crippen MR) is 45.8 cm³/mol. The summed E-state index contributed by atoms with van der Waals surface area (Å²) in [6.45, 7) is 0. The van der Waals surface area contributed by atoms with E-state index < -0.39 is 0 Å². The lowest BCUT2D eigenvalue weighted by molar-refractivity contribution is 0.574. The number of rotatable bonds is 1. The molecule has 11 heavy (non-hydrogen) atoms. The van der Waals surface area contributed by atoms with Gasteiger partial charge in [-0.2, -0.15) is 0 Å². The molecule has 0 saturated carbocycles. The summed E-state index contributed by atoms with van der Waals surface area (Å²) < 4.78 is 1.90. The van der Waals surface area contributed by atoms with Gasteiger partial charge in [0.05, 0.1) is 5.37 Å². The van der Waals surface area contributed by atoms with Gasteiger partial charge in [0.25, 0.3) is 5.56 Å². The maximum Gasteiger partial charge on any atom is 0.264 e. The third-order valence-corrected chi connectivity index (χ3v) is 3.21. The van der Waals surface area contributed by atoms with Crippen molar-refractivity contribution >= 4 is 11.8 Å². The lowest BCUT2D eigenvalue weighted by atomic mass is 10.3. The van der Waals surface area contributed by atoms with Gasteiger partial charge in [0.15, 0.2) is 0 Å². The Morgan fingerprint density at radius 3 is 3.18 bits per heavy atom. The average molecular weight is 170 g/mol. The summed E-state index contributed by atoms with van der Waals surface area (Å²) in [6.07, 6.45) is 4.26. The van der Waals surface area contributed by atoms with Crippen LogP contribution in [0.1, 0.15) is 18.2 Å². The second kappa shape index (κ2) is 2.77. The molecule has 4 heteroatoms. The molecule has 1 aliphatic heterocycles. The maximum absolute atomic E-state index is 10.8. The Hall–Kier alpha value is -0.640. The van der Waals surface area contributed by atoms with E-state index in [1.165, 1.54) is 18.6 Å². The van der Waals surface area contributed by atoms with Crippen molar-refractivity contribution in [1.82, 2.24) is 9.78 Å². The van der Waals surface area contributed by atoms with E-state index in [1.54, 1.807) is 6.07 Å². The van der Waals surface area contributed by atoms with Gasteiger partial charge in [0.1, 0.15) is 0 Å². The third kappa shape index (κ3) is 1.35. The Kier molecular flexibility index (Phi) is 1.77. The van der Waals surface area contributed by atoms with Crippen molar-refractivity contribution < 1.29 is 0 Å². The average Bonchev–Trinajstić information content (AvgIpc) is 2.55. The van der Waals surface area contributed by atoms with E-state index >= 15 is 0 Å². The van der Waals surface area contributed by atoms with Crippen LogP contribution in [0.25, 0.3) is 0 Å². The molecule has 1 N–H and O–H groups in total. The van der Waals surface area contributed by atoms with Crippen molar-refractivity contribution in [2.45, 2.75) is 18.2 Å². The van der Waals surface area contributed by atoms with Crippen molar-refractivity contribution in [1.29, 1.82) is 0 Å². The lowest BCUT2D eigenvalue weighted by Gasteiger charge is -2.08. The second-order valence-corrected chi connectivity index (χ2v) is 3.95. The summed E-state index contributed by atoms with van der Waals surface area (Å²) in [7, 11) is 0. The normalized spacial score (nSPS) is 24.2. The van der Waals surface area contributed by atoms with Crippen molar-refractivity contribution in [3.05, 3.63) is 22.6 Å². The van der Waals surface area contributed by atoms with Gasteiger partial charge in [0.2, 0.25) is 0 Å². The molecule has 1 fully saturated rings. The molecule has 0 spiro atoms. The van der Waals surface area contributed by atoms with Crippen LogP contribution < -0.4 is 5.56 Å². The smallest absolute Gasteiger partial charge is 0.264 e. The van der Waals surface area contributed by atoms with Gasteiger partial charge in [-0.05, 0) is 18.6 Å². The highest BCUT2D eigenvalue weighted by atomic mass is 32.2. The largest absolute Gasteiger partial charge is 0.279 e. The molecule has 1 aromatic rings. The molecule has 0 bridgehead atoms. The molecule has 0 radical (unpaired) electrons. The number of hydrogen-bond acceptors (Lipinski definition) is 2. The minimum Gasteiger partial charge on any atom is -0.279 e. The zero-order valence-electron chi connectivity index (χ0n) is 6.12. The minimum absolute atomic E-state index is 0.00231. The molecule has 2 heterocycles. The lowest BCUT2D eigenvalue weighted by Crippen LogP contribution is -2.07. The minimum atomic E-state index is -0.00231. The number of aromatic amines is 1. The topological polar surface area (TPSA) is 37.8 Å². The van der Waals surface area contributed by atoms with E-state index in [0.717, 1.165) is 0 Å². The quantitative estimate of drug-likeness (QED) is 0.687. The highest BCUT2D eigenvalue weighted by molar-refractivity contribution is 7.99. The first-order chi connectivity index (χ1) is 5.36. The van der Waals surface area contributed by atoms with Crippen LogP contribution in [0.15, 0.2) is 17.1 Å². The molecule has 1 aromatic heterocycles. The summed E-state index contributed by atoms with van der Waals surface area (Å²) in [5.74, 6) is 1.21. The molecular formula is C7H10N2OS. The first-order valence-corrected chi connectivity index (χ1v) is 4.80. The van der Waals surface area contributed by atoms with Crippen LogP contribution in [-0.2, 0) is 0 Å². The molecular weight excluding hydrogens is 160 g/mol. The second-order valence-electron chi connectivity index (χ2n) is 2.67. The zero-order valence-corrected chi connectivity index (χ0v) is 6.93. The van der Waals surface area contributed by atoms with Gasteiger partial charge < -0.3 is 0 Å². The maximum atomic E-state index is 10.8. The van der Waals surface area contributed by atoms with Crippen molar-refractivity contribution in [2.24, 2.45) is 0 Å². The van der Waals surface area contributed by atoms with Gasteiger partial charge in [0, 0.05) is 12.3 Å². The van der Waals surface area contributed by atoms with Gasteiger partial charge in [-0.15, -0.1) is 11.8 Å². The summed E-state index contributed by atoms with van der Waals surface area (Å²) in [5, 5.41) is 3.23. The molecule has 1 atom stereocenters. The Morgan fingerprint density at radius 2 is 2.64 bits per heavy atom. The Bertz CT molecular complexity index is 285. The van der Waals surface area contributed by atoms with Crippen molar-refractivity contribution in [3.8, 4) is 0 Å². The highest BCUT2D eigenvalue weighted by Gasteiger charge is 2.16. The number of nitrogens with zero attached hydrogens (tertiary/aromatic N) is 1. The Balaban J connectivity index is 2.21. The van der Waals surface area contributed by atoms with E-state index in [1.807, 2.05) is 22.6 Å². The fraction of sp³-hybridized carbons (Fsp3) is 0.571. The molecule has 1 saturated heterocycles. The van der Waals surface area contributed by atoms with Crippen molar-refractivity contribution in [3.63, 3.8) is 0 Å². The molecule has 1 unspecified atom stereocenters. The third-order valence-electron chi connectivity index (χ3n) is 1.84. The first-order valence-electron chi connectivity index (χ1n) is 3.75. The SMILES string of the molecule is O=c1ccn(C2CCCS2)[nH]1. The standard InChI is InChI=1S/C7H10N2OS/c10-6-3-4-9(8-6)7-2-1-5-11-7/h3-4,7H,1-2,5H2,(H,8,10). The summed E-state index contributed by atoms with van der Waals surface area (Å²) in [5.41, 5.74) is -0.00231. The monoisotopic (exact) mass is 170 g/mol. The summed E-state index contributed by atoms with van der Waals surface area (Å²) in [4.78, 5) is 10.8. The van der Waals surface area contributed by atoms with E-state index in [0.29, 0.717) is 5.37 Å². The zero-order chi connectivity index (χ0) is 7.68. The molecule has 3 nitrogen and oxygen atoms in total. The van der Waals surface area contributed by atoms with Gasteiger partial charge in [-0.25, -0.2) is 0 Å². The molecule has 1 aliphatic rings. The van der Waals surface area contributed by atoms with Crippen LogP contribution in [0.5, 0.6) is 0 Å². The van der Waals surface area contributed by atoms with E-state index in [4.69, 9.17) is 0 Å². The number of thioether (sulfide) groups is 1. The van der Waals surface area contributed by atoms with E-state index in [2.05, 4.69) is 5.10 Å². The highest BCUT2D eigenvalue weighted by Crippen LogP contribution is 2.34. The van der Waals surface area contributed by atoms with Crippen molar-refractivity contribution in [2.75, 3.05) is 5.75 Å². The Morgan fingerprint density at radius 1 is 1.73 bits per heavy atom. The number of hydrogen-bond donors (Lipinski definition) is 1. The fourth-order valence-electron chi connectivity index (χ4n) is 1.30. The number of nitrogens with one attached hydrogen (secondary N) is 1. The van der Waals surface area contributed by atoms with Crippen LogP contribution in [0.2, 0.25) is 0 Å². The molecule has 60 valence electrons. The van der Waals surface area contributed by atoms with E-state index in [-0.39, 0.29) is 5.56 Å². The van der Waals surface area contributed by atoms with Crippen LogP contribution in [0.3, 0.4) is 0 Å². The fourth-order valence-corrected chi connectivity index (χ4v) is 2.52. The Labute approximate surface area is 68.8 Å². The van der Waals surface area contributed by atoms with Gasteiger partial charge in [-0.3, -0.25) is 14.6 Å². The summed E-state index contributed by atoms with van der Waals surface area (Å²) in [6, 6.07) is 1.57. The molecule has 0 aromatic carbocycles. The van der Waals surface area contributed by atoms with Gasteiger partial charge in [-0.1, -0.05) is 0 Å². The van der Waals surface area contributed by atoms with Crippen LogP contribution in [0.4, 0.5) is 0 Å². The predicted octanol–water partition coefficient (Wildman–Crippen LogP) is 1.20. The van der Waals surface area contributed by atoms with Gasteiger partial charge >= 0.3 is 0 Å². The number of H-pyrrole nitrogens is 1. The van der Waals surface area contributed by atoms with Crippen LogP contribution >= 0.6 is 11.8 Å². The van der Waals surface area contributed by atoms with Crippen LogP contribution in [-0.4, -0.2) is 15.5 Å². The molecule has 2 rings (SSSR count).